The molecule has 0 bridgehead atoms. The van der Waals surface area contributed by atoms with E-state index in [4.69, 9.17) is 31.8 Å². The van der Waals surface area contributed by atoms with E-state index in [9.17, 15) is 9.18 Å². The first-order chi connectivity index (χ1) is 16.4. The summed E-state index contributed by atoms with van der Waals surface area (Å²) in [6.07, 6.45) is 0. The van der Waals surface area contributed by atoms with Crippen molar-refractivity contribution in [3.63, 3.8) is 0 Å². The Morgan fingerprint density at radius 3 is 2.56 bits per heavy atom. The van der Waals surface area contributed by atoms with Gasteiger partial charge in [0.2, 0.25) is 0 Å². The number of nitrogens with zero attached hydrogens (tertiary/aromatic N) is 2. The molecule has 0 atom stereocenters. The van der Waals surface area contributed by atoms with Crippen molar-refractivity contribution in [2.75, 3.05) is 20.0 Å². The number of carbonyl (C=O) groups is 1. The third kappa shape index (κ3) is 3.49. The van der Waals surface area contributed by atoms with Gasteiger partial charge in [0.1, 0.15) is 17.3 Å². The molecule has 6 nitrogen and oxygen atoms in total. The highest BCUT2D eigenvalue weighted by Gasteiger charge is 2.33. The van der Waals surface area contributed by atoms with Gasteiger partial charge in [-0.15, -0.1) is 0 Å². The van der Waals surface area contributed by atoms with Crippen molar-refractivity contribution < 1.29 is 18.7 Å². The van der Waals surface area contributed by atoms with Crippen molar-refractivity contribution in [2.24, 2.45) is 0 Å². The standard InChI is InChI=1S/C26H21ClFN3O3/c1-33-20-10-9-14(11-17(20)27)12-31-13-19-23(26(31)32)24(29)16-6-3-5-15(25(16)30-19)22-18(28)7-4-8-21(22)34-2/h3-11H,12-13H2,1-2H3,(H2,29,30). The van der Waals surface area contributed by atoms with Crippen LogP contribution in [-0.2, 0) is 13.1 Å². The Morgan fingerprint density at radius 2 is 1.82 bits per heavy atom. The zero-order chi connectivity index (χ0) is 24.0. The number of pyridine rings is 1. The molecule has 34 heavy (non-hydrogen) atoms. The quantitative estimate of drug-likeness (QED) is 0.413. The highest BCUT2D eigenvalue weighted by atomic mass is 35.5. The molecule has 0 unspecified atom stereocenters. The van der Waals surface area contributed by atoms with Crippen LogP contribution in [0.3, 0.4) is 0 Å². The van der Waals surface area contributed by atoms with Crippen LogP contribution in [0.4, 0.5) is 10.1 Å². The first-order valence-electron chi connectivity index (χ1n) is 10.6. The monoisotopic (exact) mass is 477 g/mol. The van der Waals surface area contributed by atoms with Crippen molar-refractivity contribution in [3.8, 4) is 22.6 Å². The van der Waals surface area contributed by atoms with Gasteiger partial charge in [-0.2, -0.15) is 0 Å². The summed E-state index contributed by atoms with van der Waals surface area (Å²) in [5, 5.41) is 1.06. The van der Waals surface area contributed by atoms with E-state index in [-0.39, 0.29) is 12.5 Å². The fourth-order valence-corrected chi connectivity index (χ4v) is 4.70. The van der Waals surface area contributed by atoms with E-state index in [1.807, 2.05) is 6.07 Å². The number of hydrogen-bond acceptors (Lipinski definition) is 5. The highest BCUT2D eigenvalue weighted by Crippen LogP contribution is 2.40. The average molecular weight is 478 g/mol. The molecular weight excluding hydrogens is 457 g/mol. The van der Waals surface area contributed by atoms with Crippen molar-refractivity contribution in [1.29, 1.82) is 0 Å². The topological polar surface area (TPSA) is 77.7 Å². The van der Waals surface area contributed by atoms with Crippen molar-refractivity contribution in [1.82, 2.24) is 9.88 Å². The van der Waals surface area contributed by atoms with Gasteiger partial charge in [0.05, 0.1) is 53.8 Å². The number of para-hydroxylation sites is 1. The second-order valence-corrected chi connectivity index (χ2v) is 8.40. The average Bonchev–Trinajstić information content (AvgIpc) is 3.14. The number of benzene rings is 3. The molecule has 1 aromatic heterocycles. The molecule has 5 rings (SSSR count). The lowest BCUT2D eigenvalue weighted by Gasteiger charge is -2.16. The predicted octanol–water partition coefficient (Wildman–Crippen LogP) is 5.45. The number of nitrogens with two attached hydrogens (primary N) is 1. The molecule has 1 aliphatic heterocycles. The highest BCUT2D eigenvalue weighted by molar-refractivity contribution is 6.32. The van der Waals surface area contributed by atoms with E-state index in [1.165, 1.54) is 13.2 Å². The largest absolute Gasteiger partial charge is 0.496 e. The number of amides is 1. The van der Waals surface area contributed by atoms with Crippen LogP contribution in [0, 0.1) is 5.82 Å². The molecule has 0 spiro atoms. The molecule has 0 aliphatic carbocycles. The minimum Gasteiger partial charge on any atom is -0.496 e. The van der Waals surface area contributed by atoms with Crippen molar-refractivity contribution in [3.05, 3.63) is 82.3 Å². The first kappa shape index (κ1) is 22.0. The van der Waals surface area contributed by atoms with Gasteiger partial charge < -0.3 is 20.1 Å². The fourth-order valence-electron chi connectivity index (χ4n) is 4.42. The molecule has 1 amide bonds. The van der Waals surface area contributed by atoms with Crippen molar-refractivity contribution in [2.45, 2.75) is 13.1 Å². The zero-order valence-corrected chi connectivity index (χ0v) is 19.3. The molecule has 3 aromatic carbocycles. The summed E-state index contributed by atoms with van der Waals surface area (Å²) >= 11 is 6.25. The predicted molar refractivity (Wildman–Crippen MR) is 130 cm³/mol. The molecule has 172 valence electrons. The van der Waals surface area contributed by atoms with Gasteiger partial charge >= 0.3 is 0 Å². The van der Waals surface area contributed by atoms with Crippen LogP contribution < -0.4 is 15.2 Å². The van der Waals surface area contributed by atoms with Crippen LogP contribution in [0.1, 0.15) is 21.6 Å². The number of nitrogen functional groups attached to an aromatic ring is 1. The summed E-state index contributed by atoms with van der Waals surface area (Å²) in [4.78, 5) is 19.7. The van der Waals surface area contributed by atoms with Gasteiger partial charge in [0.15, 0.2) is 0 Å². The van der Waals surface area contributed by atoms with Crippen LogP contribution >= 0.6 is 11.6 Å². The van der Waals surface area contributed by atoms with Crippen LogP contribution in [-0.4, -0.2) is 30.0 Å². The van der Waals surface area contributed by atoms with Crippen LogP contribution in [0.2, 0.25) is 5.02 Å². The van der Waals surface area contributed by atoms with E-state index >= 15 is 0 Å². The third-order valence-electron chi connectivity index (χ3n) is 6.03. The second-order valence-electron chi connectivity index (χ2n) is 8.00. The minimum absolute atomic E-state index is 0.206. The van der Waals surface area contributed by atoms with Crippen LogP contribution in [0.15, 0.2) is 54.6 Å². The summed E-state index contributed by atoms with van der Waals surface area (Å²) in [5.41, 5.74) is 9.97. The number of anilines is 1. The summed E-state index contributed by atoms with van der Waals surface area (Å²) < 4.78 is 25.5. The van der Waals surface area contributed by atoms with Crippen LogP contribution in [0.5, 0.6) is 11.5 Å². The summed E-state index contributed by atoms with van der Waals surface area (Å²) in [6, 6.07) is 15.4. The van der Waals surface area contributed by atoms with Crippen LogP contribution in [0.25, 0.3) is 22.0 Å². The number of carbonyl (C=O) groups excluding carboxylic acids is 1. The minimum atomic E-state index is -0.429. The molecule has 2 heterocycles. The molecule has 0 saturated heterocycles. The Balaban J connectivity index is 1.59. The maximum Gasteiger partial charge on any atom is 0.258 e. The number of halogens is 2. The molecule has 0 radical (unpaired) electrons. The summed E-state index contributed by atoms with van der Waals surface area (Å²) in [6.45, 7) is 0.614. The third-order valence-corrected chi connectivity index (χ3v) is 6.32. The maximum atomic E-state index is 14.9. The van der Waals surface area contributed by atoms with Gasteiger partial charge in [-0.1, -0.05) is 41.9 Å². The van der Waals surface area contributed by atoms with E-state index in [0.29, 0.717) is 62.0 Å². The Labute approximate surface area is 200 Å². The lowest BCUT2D eigenvalue weighted by molar-refractivity contribution is 0.0767. The molecule has 0 saturated carbocycles. The molecule has 2 N–H and O–H groups in total. The number of ether oxygens (including phenoxy) is 2. The second kappa shape index (κ2) is 8.50. The zero-order valence-electron chi connectivity index (χ0n) is 18.6. The Bertz CT molecular complexity index is 1460. The Kier molecular flexibility index (Phi) is 5.49. The van der Waals surface area contributed by atoms with E-state index in [1.54, 1.807) is 54.5 Å². The van der Waals surface area contributed by atoms with E-state index in [2.05, 4.69) is 0 Å². The smallest absolute Gasteiger partial charge is 0.258 e. The number of hydrogen-bond donors (Lipinski definition) is 1. The number of rotatable bonds is 5. The molecule has 1 aliphatic rings. The first-order valence-corrected chi connectivity index (χ1v) is 11.0. The lowest BCUT2D eigenvalue weighted by atomic mass is 9.98. The van der Waals surface area contributed by atoms with Gasteiger partial charge in [-0.3, -0.25) is 4.79 Å². The van der Waals surface area contributed by atoms with Crippen molar-refractivity contribution >= 4 is 34.1 Å². The van der Waals surface area contributed by atoms with Gasteiger partial charge in [-0.25, -0.2) is 9.37 Å². The number of aromatic nitrogens is 1. The molecule has 4 aromatic rings. The summed E-state index contributed by atoms with van der Waals surface area (Å²) in [5.74, 6) is 0.321. The maximum absolute atomic E-state index is 14.9. The fraction of sp³-hybridized carbons (Fsp3) is 0.154. The van der Waals surface area contributed by atoms with Gasteiger partial charge in [0.25, 0.3) is 5.91 Å². The normalized spacial score (nSPS) is 12.8. The van der Waals surface area contributed by atoms with E-state index in [0.717, 1.165) is 5.56 Å². The van der Waals surface area contributed by atoms with Gasteiger partial charge in [-0.05, 0) is 29.8 Å². The molecule has 8 heteroatoms. The Morgan fingerprint density at radius 1 is 1.06 bits per heavy atom. The lowest BCUT2D eigenvalue weighted by Crippen LogP contribution is -2.23. The van der Waals surface area contributed by atoms with E-state index < -0.39 is 5.82 Å². The Hall–Kier alpha value is -3.84. The SMILES string of the molecule is COc1ccc(CN2Cc3nc4c(-c5c(F)cccc5OC)cccc4c(N)c3C2=O)cc1Cl. The molecule has 0 fully saturated rings. The van der Waals surface area contributed by atoms with Gasteiger partial charge in [0, 0.05) is 17.5 Å². The summed E-state index contributed by atoms with van der Waals surface area (Å²) in [7, 11) is 3.04. The number of fused-ring (bicyclic) bond motifs is 2. The number of methoxy groups -OCH3 is 2. The molecular formula is C26H21ClFN3O3.